The summed E-state index contributed by atoms with van der Waals surface area (Å²) in [5, 5.41) is 3.36. The van der Waals surface area contributed by atoms with Crippen LogP contribution in [0.25, 0.3) is 0 Å². The van der Waals surface area contributed by atoms with E-state index in [4.69, 9.17) is 0 Å². The molecule has 13 heavy (non-hydrogen) atoms. The summed E-state index contributed by atoms with van der Waals surface area (Å²) >= 11 is 0. The van der Waals surface area contributed by atoms with E-state index in [2.05, 4.69) is 4.99 Å². The van der Waals surface area contributed by atoms with Gasteiger partial charge < -0.3 is 0 Å². The predicted molar refractivity (Wildman–Crippen MR) is 57.4 cm³/mol. The van der Waals surface area contributed by atoms with Gasteiger partial charge in [0.1, 0.15) is 0 Å². The van der Waals surface area contributed by atoms with Crippen molar-refractivity contribution in [3.63, 3.8) is 0 Å². The number of benzene rings is 1. The molecule has 1 aliphatic heterocycles. The fourth-order valence-corrected chi connectivity index (χ4v) is 2.42. The van der Waals surface area contributed by atoms with E-state index in [1.165, 1.54) is 5.55 Å². The Morgan fingerprint density at radius 1 is 1.23 bits per heavy atom. The van der Waals surface area contributed by atoms with Crippen molar-refractivity contribution >= 4 is 20.4 Å². The lowest BCUT2D eigenvalue weighted by Gasteiger charge is -1.94. The van der Waals surface area contributed by atoms with Crippen LogP contribution in [0, 0.1) is 0 Å². The van der Waals surface area contributed by atoms with Crippen LogP contribution >= 0.6 is 0 Å². The summed E-state index contributed by atoms with van der Waals surface area (Å²) in [4.78, 5) is 3.82. The van der Waals surface area contributed by atoms with Crippen LogP contribution < -0.4 is 0 Å². The predicted octanol–water partition coefficient (Wildman–Crippen LogP) is 1.63. The molecule has 2 rings (SSSR count). The second-order valence-electron chi connectivity index (χ2n) is 2.77. The molecule has 0 N–H and O–H groups in total. The van der Waals surface area contributed by atoms with Gasteiger partial charge >= 0.3 is 0 Å². The van der Waals surface area contributed by atoms with Crippen molar-refractivity contribution in [1.82, 2.24) is 0 Å². The Morgan fingerprint density at radius 2 is 2.00 bits per heavy atom. The Morgan fingerprint density at radius 3 is 2.62 bits per heavy atom. The molecule has 0 bridgehead atoms. The van der Waals surface area contributed by atoms with Gasteiger partial charge in [0.2, 0.25) is 0 Å². The van der Waals surface area contributed by atoms with Crippen LogP contribution in [0.1, 0.15) is 5.56 Å². The molecule has 0 radical (unpaired) electrons. The van der Waals surface area contributed by atoms with Gasteiger partial charge in [-0.3, -0.25) is 9.20 Å². The number of hydrogen-bond acceptors (Lipinski definition) is 2. The molecule has 2 nitrogen and oxygen atoms in total. The first-order chi connectivity index (χ1) is 6.29. The molecule has 1 aromatic rings. The largest absolute Gasteiger partial charge is 0.257 e. The van der Waals surface area contributed by atoms with Gasteiger partial charge in [-0.15, -0.1) is 0 Å². The van der Waals surface area contributed by atoms with Gasteiger partial charge in [0.25, 0.3) is 0 Å². The third-order valence-corrected chi connectivity index (χ3v) is 3.34. The molecule has 1 atom stereocenters. The quantitative estimate of drug-likeness (QED) is 0.620. The summed E-state index contributed by atoms with van der Waals surface area (Å²) in [7, 11) is -2.10. The maximum Gasteiger partial charge on any atom is 0.0871 e. The van der Waals surface area contributed by atoms with E-state index in [0.717, 1.165) is 5.56 Å². The Labute approximate surface area is 77.6 Å². The van der Waals surface area contributed by atoms with E-state index in [9.17, 15) is 4.21 Å². The van der Waals surface area contributed by atoms with Crippen molar-refractivity contribution < 1.29 is 4.21 Å². The first-order valence-electron chi connectivity index (χ1n) is 3.92. The number of rotatable bonds is 1. The minimum Gasteiger partial charge on any atom is -0.257 e. The van der Waals surface area contributed by atoms with Crippen molar-refractivity contribution in [2.45, 2.75) is 0 Å². The van der Waals surface area contributed by atoms with Gasteiger partial charge in [0.15, 0.2) is 0 Å². The van der Waals surface area contributed by atoms with Crippen LogP contribution in [0.4, 0.5) is 0 Å². The standard InChI is InChI=1S/C10H9NOS/c12-13(7-6-11-9-13)8-10-4-2-1-3-5-10/h1-9H. The van der Waals surface area contributed by atoms with E-state index < -0.39 is 9.52 Å². The van der Waals surface area contributed by atoms with Crippen LogP contribution in [0.3, 0.4) is 0 Å². The van der Waals surface area contributed by atoms with Crippen LogP contribution in [0.5, 0.6) is 0 Å². The number of hydrogen-bond donors (Lipinski definition) is 0. The maximum atomic E-state index is 11.9. The molecule has 0 spiro atoms. The van der Waals surface area contributed by atoms with Gasteiger partial charge in [-0.05, 0) is 5.56 Å². The zero-order chi connectivity index (χ0) is 9.15. The molecule has 1 heterocycles. The monoisotopic (exact) mass is 191 g/mol. The number of nitrogens with zero attached hydrogens (tertiary/aromatic N) is 1. The Balaban J connectivity index is 2.48. The minimum absolute atomic E-state index is 0.963. The smallest absolute Gasteiger partial charge is 0.0871 e. The molecule has 0 saturated heterocycles. The van der Waals surface area contributed by atoms with Crippen LogP contribution in [0.2, 0.25) is 0 Å². The molecule has 0 aliphatic carbocycles. The third kappa shape index (κ3) is 1.87. The van der Waals surface area contributed by atoms with Gasteiger partial charge in [-0.25, -0.2) is 0 Å². The van der Waals surface area contributed by atoms with Crippen molar-refractivity contribution in [1.29, 1.82) is 0 Å². The van der Waals surface area contributed by atoms with Gasteiger partial charge in [0.05, 0.1) is 5.55 Å². The molecule has 1 unspecified atom stereocenters. The zero-order valence-electron chi connectivity index (χ0n) is 6.96. The Bertz CT molecular complexity index is 447. The Kier molecular flexibility index (Phi) is 2.02. The SMILES string of the molecule is O=S1(=Cc2ccccc2)C=CN=C1. The summed E-state index contributed by atoms with van der Waals surface area (Å²) in [6.45, 7) is 0. The fourth-order valence-electron chi connectivity index (χ4n) is 1.11. The van der Waals surface area contributed by atoms with E-state index in [1.807, 2.05) is 30.3 Å². The summed E-state index contributed by atoms with van der Waals surface area (Å²) < 4.78 is 11.9. The zero-order valence-corrected chi connectivity index (χ0v) is 7.78. The van der Waals surface area contributed by atoms with Crippen LogP contribution in [-0.2, 0) is 9.52 Å². The molecule has 3 heteroatoms. The average molecular weight is 191 g/mol. The normalized spacial score (nSPS) is 24.9. The van der Waals surface area contributed by atoms with E-state index in [1.54, 1.807) is 17.0 Å². The molecule has 0 saturated carbocycles. The van der Waals surface area contributed by atoms with Crippen LogP contribution in [-0.4, -0.2) is 15.1 Å². The molecular weight excluding hydrogens is 182 g/mol. The minimum atomic E-state index is -2.10. The van der Waals surface area contributed by atoms with E-state index in [0.29, 0.717) is 0 Å². The van der Waals surface area contributed by atoms with Gasteiger partial charge in [-0.2, -0.15) is 0 Å². The van der Waals surface area contributed by atoms with Crippen molar-refractivity contribution in [3.05, 3.63) is 47.5 Å². The molecule has 0 aromatic heterocycles. The molecule has 1 aromatic carbocycles. The first kappa shape index (κ1) is 8.26. The molecule has 0 fully saturated rings. The van der Waals surface area contributed by atoms with Crippen molar-refractivity contribution in [2.75, 3.05) is 0 Å². The lowest BCUT2D eigenvalue weighted by molar-refractivity contribution is 0.693. The molecular formula is C10H9NOS. The third-order valence-electron chi connectivity index (χ3n) is 1.71. The maximum absolute atomic E-state index is 11.9. The summed E-state index contributed by atoms with van der Waals surface area (Å²) in [6, 6.07) is 9.62. The summed E-state index contributed by atoms with van der Waals surface area (Å²) in [5.41, 5.74) is 2.45. The van der Waals surface area contributed by atoms with E-state index in [-0.39, 0.29) is 0 Å². The molecule has 0 amide bonds. The highest BCUT2D eigenvalue weighted by Gasteiger charge is 2.02. The number of aliphatic imine (C=N–C) groups is 1. The van der Waals surface area contributed by atoms with Gasteiger partial charge in [0, 0.05) is 26.5 Å². The fraction of sp³-hybridized carbons (Fsp3) is 0. The van der Waals surface area contributed by atoms with Crippen molar-refractivity contribution in [2.24, 2.45) is 4.99 Å². The lowest BCUT2D eigenvalue weighted by atomic mass is 10.2. The van der Waals surface area contributed by atoms with Crippen molar-refractivity contribution in [3.8, 4) is 0 Å². The molecule has 1 aliphatic rings. The molecule has 66 valence electrons. The second kappa shape index (κ2) is 3.18. The topological polar surface area (TPSA) is 29.4 Å². The lowest BCUT2D eigenvalue weighted by Crippen LogP contribution is -1.98. The van der Waals surface area contributed by atoms with Gasteiger partial charge in [-0.1, -0.05) is 30.3 Å². The highest BCUT2D eigenvalue weighted by molar-refractivity contribution is 8.16. The average Bonchev–Trinajstić information content (AvgIpc) is 2.54. The Hall–Kier alpha value is -1.35. The second-order valence-corrected chi connectivity index (χ2v) is 4.88. The highest BCUT2D eigenvalue weighted by Crippen LogP contribution is 2.03. The van der Waals surface area contributed by atoms with E-state index >= 15 is 0 Å². The summed E-state index contributed by atoms with van der Waals surface area (Å²) in [6.07, 6.45) is 1.57. The summed E-state index contributed by atoms with van der Waals surface area (Å²) in [5.74, 6) is 0. The highest BCUT2D eigenvalue weighted by atomic mass is 32.2. The first-order valence-corrected chi connectivity index (χ1v) is 5.67. The van der Waals surface area contributed by atoms with Crippen LogP contribution in [0.15, 0.2) is 46.9 Å².